The van der Waals surface area contributed by atoms with Gasteiger partial charge in [0.05, 0.1) is 75.7 Å². The maximum Gasteiger partial charge on any atom is 0.351 e. The summed E-state index contributed by atoms with van der Waals surface area (Å²) in [6.07, 6.45) is 22.2. The SMILES string of the molecule is C.C.CCCCCCCNc1nc(=O)n(C2CC(OP(OCCC#N)N(C(C)C)C(C)C)C(CO)O2)cc1C.Cc1cn(C2CC(OP(OCCC#N)N(C(C)C)C(C)C)C(CO)O2)c(=O)nc1NCCCCCCNC(=O)CCCCCNC(=O)CCCCCNCCCCCC1SCC2NC(=O)NC21.[HH]. The number of urea groups is 1. The fourth-order valence-corrected chi connectivity index (χ4v) is 18.3. The molecule has 11 atom stereocenters. The molecular weight excluding hydrogens is 1410 g/mol. The normalized spacial score (nSPS) is 20.9. The number of nitrogens with one attached hydrogen (secondary N) is 7. The molecule has 0 aliphatic carbocycles. The third kappa shape index (κ3) is 33.9. The summed E-state index contributed by atoms with van der Waals surface area (Å²) in [6.45, 7) is 27.2. The van der Waals surface area contributed by atoms with E-state index in [1.807, 2.05) is 25.6 Å². The van der Waals surface area contributed by atoms with E-state index >= 15 is 0 Å². The predicted molar refractivity (Wildman–Crippen MR) is 427 cm³/mol. The summed E-state index contributed by atoms with van der Waals surface area (Å²) in [5.74, 6) is 2.33. The van der Waals surface area contributed by atoms with Crippen molar-refractivity contribution in [1.29, 1.82) is 10.5 Å². The van der Waals surface area contributed by atoms with E-state index in [0.717, 1.165) is 120 Å². The Balaban J connectivity index is 0.000000825. The second-order valence-corrected chi connectivity index (χ2v) is 32.7. The third-order valence-corrected chi connectivity index (χ3v) is 24.4. The van der Waals surface area contributed by atoms with Crippen LogP contribution in [-0.4, -0.2) is 194 Å². The number of hydrogen-bond acceptors (Lipinski definition) is 23. The molecule has 0 aromatic carbocycles. The minimum atomic E-state index is -1.55. The van der Waals surface area contributed by atoms with Crippen LogP contribution >= 0.6 is 28.8 Å². The zero-order chi connectivity index (χ0) is 75.8. The molecule has 4 aliphatic heterocycles. The number of anilines is 2. The van der Waals surface area contributed by atoms with Crippen LogP contribution < -0.4 is 48.6 Å². The summed E-state index contributed by atoms with van der Waals surface area (Å²) in [4.78, 5) is 70.8. The van der Waals surface area contributed by atoms with Crippen LogP contribution in [0.25, 0.3) is 0 Å². The maximum absolute atomic E-state index is 13.2. The third-order valence-electron chi connectivity index (χ3n) is 18.6. The zero-order valence-electron chi connectivity index (χ0n) is 64.4. The molecule has 11 unspecified atom stereocenters. The molecule has 0 spiro atoms. The van der Waals surface area contributed by atoms with Gasteiger partial charge in [-0.25, -0.2) is 23.7 Å². The monoisotopic (exact) mass is 1550 g/mol. The zero-order valence-corrected chi connectivity index (χ0v) is 67.0. The molecular formula is C75H139N15O13P2S. The molecule has 4 fully saturated rings. The van der Waals surface area contributed by atoms with Crippen molar-refractivity contribution < 1.29 is 53.6 Å². The van der Waals surface area contributed by atoms with Gasteiger partial charge in [-0.1, -0.05) is 86.0 Å². The van der Waals surface area contributed by atoms with E-state index in [1.165, 1.54) is 47.7 Å². The van der Waals surface area contributed by atoms with E-state index in [1.54, 1.807) is 12.4 Å². The van der Waals surface area contributed by atoms with Gasteiger partial charge in [-0.15, -0.1) is 0 Å². The highest BCUT2D eigenvalue weighted by molar-refractivity contribution is 8.00. The molecule has 4 saturated heterocycles. The van der Waals surface area contributed by atoms with Crippen molar-refractivity contribution in [3.63, 3.8) is 0 Å². The number of nitrogens with zero attached hydrogens (tertiary/aromatic N) is 8. The van der Waals surface area contributed by atoms with Crippen molar-refractivity contribution in [3.05, 3.63) is 44.5 Å². The van der Waals surface area contributed by atoms with Crippen molar-refractivity contribution in [2.45, 2.75) is 330 Å². The molecule has 0 bridgehead atoms. The van der Waals surface area contributed by atoms with Gasteiger partial charge in [0.15, 0.2) is 0 Å². The van der Waals surface area contributed by atoms with Crippen molar-refractivity contribution in [3.8, 4) is 12.1 Å². The van der Waals surface area contributed by atoms with Crippen LogP contribution in [0.2, 0.25) is 0 Å². The molecule has 106 heavy (non-hydrogen) atoms. The molecule has 6 heterocycles. The van der Waals surface area contributed by atoms with Gasteiger partial charge in [-0.05, 0) is 140 Å². The van der Waals surface area contributed by atoms with E-state index in [9.17, 15) is 34.2 Å². The van der Waals surface area contributed by atoms with E-state index in [-0.39, 0.29) is 97.6 Å². The van der Waals surface area contributed by atoms with Crippen LogP contribution in [0.4, 0.5) is 16.4 Å². The summed E-state index contributed by atoms with van der Waals surface area (Å²) < 4.78 is 44.3. The van der Waals surface area contributed by atoms with Crippen LogP contribution in [0.3, 0.4) is 0 Å². The Morgan fingerprint density at radius 3 is 1.44 bits per heavy atom. The largest absolute Gasteiger partial charge is 0.394 e. The lowest BCUT2D eigenvalue weighted by Crippen LogP contribution is -2.36. The number of carbonyl (C=O) groups is 3. The molecule has 4 amide bonds. The van der Waals surface area contributed by atoms with Crippen molar-refractivity contribution in [2.75, 3.05) is 82.1 Å². The number of nitriles is 2. The van der Waals surface area contributed by atoms with Crippen LogP contribution in [-0.2, 0) is 37.2 Å². The molecule has 2 aromatic heterocycles. The molecule has 608 valence electrons. The number of rotatable bonds is 53. The van der Waals surface area contributed by atoms with Crippen LogP contribution in [0.1, 0.15) is 263 Å². The van der Waals surface area contributed by atoms with Gasteiger partial charge in [0, 0.05) is 112 Å². The quantitative estimate of drug-likeness (QED) is 0.0169. The van der Waals surface area contributed by atoms with Crippen LogP contribution in [0.15, 0.2) is 22.0 Å². The number of fused-ring (bicyclic) bond motifs is 1. The molecule has 2 aromatic rings. The van der Waals surface area contributed by atoms with Crippen molar-refractivity contribution in [1.82, 2.24) is 55.0 Å². The number of aromatic nitrogens is 4. The Morgan fingerprint density at radius 2 is 1.03 bits per heavy atom. The number of hydrogen-bond donors (Lipinski definition) is 9. The smallest absolute Gasteiger partial charge is 0.351 e. The van der Waals surface area contributed by atoms with Crippen LogP contribution in [0, 0.1) is 36.5 Å². The molecule has 4 aliphatic rings. The molecule has 6 rings (SSSR count). The first-order chi connectivity index (χ1) is 50.1. The standard InChI is InChI=1S/C47H83N10O8PS.C26H46N5O5P.2CH4.H2/c1-34(2)57(35(3)4)66(63-29-19-23-48)65-38-30-43(64-39(38)32-58)56-31-36(5)45(55-47(56)62)52-28-17-7-6-16-26-50-42(60)22-13-10-18-27-51-41(59)21-12-9-15-25-49-24-14-8-11-20-40-44-37(33-67-40)53-46(61)54-44;1-7-8-9-10-11-14-28-25-21(6)17-30(26(33)29-25)24-16-22(23(18-32)35-24)36-37(34-15-12-13-27)31(19(2)3)20(4)5;;;/h31,34-35,37-40,43-44,49,58H,6-22,24-30,32-33H2,1-5H3,(H,50,60)(H,51,59)(H,52,55,62)(H2,53,54,61);17,19-20,22-24,32H,7-12,14-16,18H2,1-6H3,(H,28,29,33);2*1H4;1H. The first kappa shape index (κ1) is 95.5. The fraction of sp³-hybridized carbons (Fsp3) is 0.827. The van der Waals surface area contributed by atoms with Gasteiger partial charge in [-0.2, -0.15) is 32.3 Å². The van der Waals surface area contributed by atoms with E-state index in [2.05, 4.69) is 131 Å². The van der Waals surface area contributed by atoms with Gasteiger partial charge >= 0.3 is 17.4 Å². The Kier molecular flexibility index (Phi) is 48.7. The average Bonchev–Trinajstić information content (AvgIpc) is 1.70. The second-order valence-electron chi connectivity index (χ2n) is 28.6. The Morgan fingerprint density at radius 1 is 0.623 bits per heavy atom. The molecule has 28 nitrogen and oxygen atoms in total. The maximum atomic E-state index is 13.2. The van der Waals surface area contributed by atoms with Crippen LogP contribution in [0.5, 0.6) is 0 Å². The average molecular weight is 1550 g/mol. The number of aliphatic hydroxyl groups is 2. The Hall–Kier alpha value is -4.68. The Labute approximate surface area is 643 Å². The number of aryl methyl sites for hydroxylation is 2. The van der Waals surface area contributed by atoms with Gasteiger partial charge in [-0.3, -0.25) is 18.7 Å². The first-order valence-corrected chi connectivity index (χ1v) is 42.1. The van der Waals surface area contributed by atoms with Gasteiger partial charge in [0.2, 0.25) is 11.8 Å². The lowest BCUT2D eigenvalue weighted by Gasteiger charge is -2.37. The summed E-state index contributed by atoms with van der Waals surface area (Å²) in [5, 5.41) is 61.0. The molecule has 31 heteroatoms. The number of ether oxygens (including phenoxy) is 2. The lowest BCUT2D eigenvalue weighted by molar-refractivity contribution is -0.122. The summed E-state index contributed by atoms with van der Waals surface area (Å²) >= 11 is 1.98. The number of unbranched alkanes of at least 4 members (excludes halogenated alkanes) is 13. The molecule has 0 radical (unpaired) electrons. The van der Waals surface area contributed by atoms with E-state index < -0.39 is 65.3 Å². The van der Waals surface area contributed by atoms with Crippen molar-refractivity contribution in [2.24, 2.45) is 0 Å². The number of aliphatic hydroxyl groups excluding tert-OH is 2. The highest BCUT2D eigenvalue weighted by Crippen LogP contribution is 2.51. The van der Waals surface area contributed by atoms with Gasteiger partial charge < -0.3 is 75.0 Å². The van der Waals surface area contributed by atoms with Gasteiger partial charge in [0.1, 0.15) is 36.3 Å². The topological polar surface area (TPSA) is 355 Å². The summed E-state index contributed by atoms with van der Waals surface area (Å²) in [7, 11) is -3.05. The Bertz CT molecular complexity index is 2990. The minimum absolute atomic E-state index is 0. The summed E-state index contributed by atoms with van der Waals surface area (Å²) in [6, 6.07) is 5.34. The number of carbonyl (C=O) groups excluding carboxylic acids is 3. The fourth-order valence-electron chi connectivity index (χ4n) is 13.2. The highest BCUT2D eigenvalue weighted by atomic mass is 32.2. The second kappa shape index (κ2) is 54.0. The number of thioether (sulfide) groups is 1. The van der Waals surface area contributed by atoms with E-state index in [4.69, 9.17) is 38.1 Å². The highest BCUT2D eigenvalue weighted by Gasteiger charge is 2.45. The molecule has 9 N–H and O–H groups in total. The lowest BCUT2D eigenvalue weighted by atomic mass is 10.0. The first-order valence-electron chi connectivity index (χ1n) is 38.8. The number of amides is 4. The van der Waals surface area contributed by atoms with Crippen molar-refractivity contribution >= 4 is 58.3 Å². The summed E-state index contributed by atoms with van der Waals surface area (Å²) in [5.41, 5.74) is 0.796. The minimum Gasteiger partial charge on any atom is -0.394 e. The predicted octanol–water partition coefficient (Wildman–Crippen LogP) is 12.5. The van der Waals surface area contributed by atoms with Gasteiger partial charge in [0.25, 0.3) is 17.1 Å². The van der Waals surface area contributed by atoms with E-state index in [0.29, 0.717) is 74.3 Å². The molecule has 0 saturated carbocycles.